The van der Waals surface area contributed by atoms with Crippen molar-refractivity contribution in [2.75, 3.05) is 50.0 Å². The summed E-state index contributed by atoms with van der Waals surface area (Å²) in [5.41, 5.74) is 0. The molecule has 0 radical (unpaired) electrons. The molecule has 2 rings (SSSR count). The molecule has 0 aromatic heterocycles. The summed E-state index contributed by atoms with van der Waals surface area (Å²) in [5.74, 6) is 2.66. The number of hydrogen-bond acceptors (Lipinski definition) is 4. The van der Waals surface area contributed by atoms with Gasteiger partial charge in [-0.05, 0) is 31.6 Å². The highest BCUT2D eigenvalue weighted by molar-refractivity contribution is 7.99. The van der Waals surface area contributed by atoms with E-state index in [2.05, 4.69) is 4.90 Å². The van der Waals surface area contributed by atoms with E-state index in [1.807, 2.05) is 11.8 Å². The van der Waals surface area contributed by atoms with Crippen molar-refractivity contribution in [3.63, 3.8) is 0 Å². The second-order valence-electron chi connectivity index (χ2n) is 5.08. The monoisotopic (exact) mass is 292 g/mol. The Hall–Kier alpha value is 0.220. The standard InChI is InChI=1S/C12H24N2O2S2/c15-18(16,14-6-2-1-3-7-14)12-9-13-5-4-10-17-11-8-13/h1-12H2. The Balaban J connectivity index is 1.80. The molecule has 2 heterocycles. The van der Waals surface area contributed by atoms with Crippen molar-refractivity contribution in [2.24, 2.45) is 0 Å². The van der Waals surface area contributed by atoms with E-state index in [1.54, 1.807) is 4.31 Å². The Morgan fingerprint density at radius 1 is 0.889 bits per heavy atom. The van der Waals surface area contributed by atoms with Crippen LogP contribution in [-0.4, -0.2) is 67.6 Å². The second kappa shape index (κ2) is 7.12. The van der Waals surface area contributed by atoms with Crippen LogP contribution in [0, 0.1) is 0 Å². The van der Waals surface area contributed by atoms with Gasteiger partial charge in [0.25, 0.3) is 0 Å². The van der Waals surface area contributed by atoms with Crippen molar-refractivity contribution in [1.82, 2.24) is 9.21 Å². The number of thioether (sulfide) groups is 1. The van der Waals surface area contributed by atoms with Crippen molar-refractivity contribution < 1.29 is 8.42 Å². The molecule has 0 spiro atoms. The fourth-order valence-corrected chi connectivity index (χ4v) is 5.02. The van der Waals surface area contributed by atoms with Crippen LogP contribution in [0.2, 0.25) is 0 Å². The molecule has 0 N–H and O–H groups in total. The first-order chi connectivity index (χ1) is 8.68. The van der Waals surface area contributed by atoms with Crippen LogP contribution in [0.25, 0.3) is 0 Å². The van der Waals surface area contributed by atoms with Gasteiger partial charge in [-0.1, -0.05) is 6.42 Å². The second-order valence-corrected chi connectivity index (χ2v) is 8.40. The molecule has 106 valence electrons. The predicted molar refractivity (Wildman–Crippen MR) is 77.6 cm³/mol. The lowest BCUT2D eigenvalue weighted by Crippen LogP contribution is -2.40. The van der Waals surface area contributed by atoms with Gasteiger partial charge in [-0.3, -0.25) is 0 Å². The zero-order valence-electron chi connectivity index (χ0n) is 11.0. The van der Waals surface area contributed by atoms with Crippen LogP contribution < -0.4 is 0 Å². The van der Waals surface area contributed by atoms with Crippen LogP contribution in [0.1, 0.15) is 25.7 Å². The largest absolute Gasteiger partial charge is 0.301 e. The molecule has 0 aromatic carbocycles. The van der Waals surface area contributed by atoms with E-state index in [0.717, 1.165) is 44.8 Å². The molecule has 2 aliphatic heterocycles. The van der Waals surface area contributed by atoms with Crippen LogP contribution in [-0.2, 0) is 10.0 Å². The highest BCUT2D eigenvalue weighted by Crippen LogP contribution is 2.14. The average Bonchev–Trinajstić information content (AvgIpc) is 2.66. The first-order valence-corrected chi connectivity index (χ1v) is 9.73. The van der Waals surface area contributed by atoms with Crippen LogP contribution >= 0.6 is 11.8 Å². The Labute approximate surface area is 115 Å². The summed E-state index contributed by atoms with van der Waals surface area (Å²) < 4.78 is 26.1. The molecule has 0 unspecified atom stereocenters. The van der Waals surface area contributed by atoms with Crippen LogP contribution in [0.15, 0.2) is 0 Å². The molecule has 18 heavy (non-hydrogen) atoms. The number of hydrogen-bond donors (Lipinski definition) is 0. The molecule has 2 saturated heterocycles. The molecule has 0 amide bonds. The number of nitrogens with zero attached hydrogens (tertiary/aromatic N) is 2. The fourth-order valence-electron chi connectivity index (χ4n) is 2.54. The summed E-state index contributed by atoms with van der Waals surface area (Å²) in [4.78, 5) is 2.31. The van der Waals surface area contributed by atoms with E-state index in [9.17, 15) is 8.42 Å². The van der Waals surface area contributed by atoms with Gasteiger partial charge in [-0.15, -0.1) is 0 Å². The maximum absolute atomic E-state index is 12.2. The Bertz CT molecular complexity index is 332. The first-order valence-electron chi connectivity index (χ1n) is 6.96. The molecular formula is C12H24N2O2S2. The third-order valence-corrected chi connectivity index (χ3v) is 6.59. The van der Waals surface area contributed by atoms with Gasteiger partial charge in [0.2, 0.25) is 10.0 Å². The zero-order valence-corrected chi connectivity index (χ0v) is 12.6. The molecule has 2 fully saturated rings. The number of sulfonamides is 1. The van der Waals surface area contributed by atoms with Gasteiger partial charge in [0, 0.05) is 31.9 Å². The van der Waals surface area contributed by atoms with Crippen LogP contribution in [0.5, 0.6) is 0 Å². The molecule has 0 aromatic rings. The highest BCUT2D eigenvalue weighted by atomic mass is 32.2. The Morgan fingerprint density at radius 3 is 2.44 bits per heavy atom. The smallest absolute Gasteiger partial charge is 0.215 e. The lowest BCUT2D eigenvalue weighted by molar-refractivity contribution is 0.304. The van der Waals surface area contributed by atoms with Gasteiger partial charge >= 0.3 is 0 Å². The zero-order chi connectivity index (χ0) is 12.8. The molecule has 0 bridgehead atoms. The molecule has 0 saturated carbocycles. The van der Waals surface area contributed by atoms with E-state index >= 15 is 0 Å². The summed E-state index contributed by atoms with van der Waals surface area (Å²) in [6, 6.07) is 0. The van der Waals surface area contributed by atoms with Gasteiger partial charge in [0.1, 0.15) is 0 Å². The van der Waals surface area contributed by atoms with Crippen molar-refractivity contribution in [1.29, 1.82) is 0 Å². The lowest BCUT2D eigenvalue weighted by atomic mass is 10.2. The van der Waals surface area contributed by atoms with Crippen molar-refractivity contribution in [3.05, 3.63) is 0 Å². The van der Waals surface area contributed by atoms with Gasteiger partial charge in [-0.2, -0.15) is 11.8 Å². The maximum atomic E-state index is 12.2. The molecular weight excluding hydrogens is 268 g/mol. The van der Waals surface area contributed by atoms with Gasteiger partial charge in [0.05, 0.1) is 5.75 Å². The minimum Gasteiger partial charge on any atom is -0.301 e. The van der Waals surface area contributed by atoms with Crippen LogP contribution in [0.4, 0.5) is 0 Å². The lowest BCUT2D eigenvalue weighted by Gasteiger charge is -2.27. The van der Waals surface area contributed by atoms with Crippen molar-refractivity contribution in [3.8, 4) is 0 Å². The first kappa shape index (κ1) is 14.6. The topological polar surface area (TPSA) is 40.6 Å². The van der Waals surface area contributed by atoms with Gasteiger partial charge in [-0.25, -0.2) is 12.7 Å². The van der Waals surface area contributed by atoms with Crippen molar-refractivity contribution in [2.45, 2.75) is 25.7 Å². The summed E-state index contributed by atoms with van der Waals surface area (Å²) in [6.45, 7) is 4.28. The molecule has 4 nitrogen and oxygen atoms in total. The summed E-state index contributed by atoms with van der Waals surface area (Å²) >= 11 is 1.98. The van der Waals surface area contributed by atoms with E-state index in [0.29, 0.717) is 12.3 Å². The third-order valence-electron chi connectivity index (χ3n) is 3.69. The highest BCUT2D eigenvalue weighted by Gasteiger charge is 2.24. The normalized spacial score (nSPS) is 24.9. The predicted octanol–water partition coefficient (Wildman–Crippen LogP) is 1.24. The third kappa shape index (κ3) is 4.40. The maximum Gasteiger partial charge on any atom is 0.215 e. The van der Waals surface area contributed by atoms with Crippen LogP contribution in [0.3, 0.4) is 0 Å². The summed E-state index contributed by atoms with van der Waals surface area (Å²) in [6.07, 6.45) is 4.42. The minimum atomic E-state index is -3.01. The van der Waals surface area contributed by atoms with E-state index in [4.69, 9.17) is 0 Å². The van der Waals surface area contributed by atoms with Gasteiger partial charge < -0.3 is 4.90 Å². The quantitative estimate of drug-likeness (QED) is 0.782. The van der Waals surface area contributed by atoms with E-state index in [-0.39, 0.29) is 0 Å². The fraction of sp³-hybridized carbons (Fsp3) is 1.00. The molecule has 6 heteroatoms. The molecule has 2 aliphatic rings. The molecule has 0 aliphatic carbocycles. The van der Waals surface area contributed by atoms with E-state index < -0.39 is 10.0 Å². The Morgan fingerprint density at radius 2 is 1.67 bits per heavy atom. The van der Waals surface area contributed by atoms with E-state index in [1.165, 1.54) is 18.6 Å². The van der Waals surface area contributed by atoms with Crippen molar-refractivity contribution >= 4 is 21.8 Å². The summed E-state index contributed by atoms with van der Waals surface area (Å²) in [7, 11) is -3.01. The Kier molecular flexibility index (Phi) is 5.79. The van der Waals surface area contributed by atoms with Gasteiger partial charge in [0.15, 0.2) is 0 Å². The SMILES string of the molecule is O=S(=O)(CCN1CCCSCC1)N1CCCCC1. The summed E-state index contributed by atoms with van der Waals surface area (Å²) in [5, 5.41) is 0. The number of rotatable bonds is 4. The average molecular weight is 292 g/mol. The molecule has 0 atom stereocenters. The number of piperidine rings is 1. The minimum absolute atomic E-state index is 0.303.